The molecule has 22 heavy (non-hydrogen) atoms. The van der Waals surface area contributed by atoms with E-state index in [4.69, 9.17) is 9.52 Å². The zero-order chi connectivity index (χ0) is 16.3. The fourth-order valence-electron chi connectivity index (χ4n) is 2.15. The van der Waals surface area contributed by atoms with E-state index in [2.05, 4.69) is 0 Å². The van der Waals surface area contributed by atoms with Crippen LogP contribution in [0, 0.1) is 0 Å². The van der Waals surface area contributed by atoms with Crippen LogP contribution in [0.4, 0.5) is 13.2 Å². The fraction of sp³-hybridized carbons (Fsp3) is 0.400. The van der Waals surface area contributed by atoms with Gasteiger partial charge < -0.3 is 14.8 Å². The lowest BCUT2D eigenvalue weighted by Gasteiger charge is -2.20. The Balaban J connectivity index is 2.29. The van der Waals surface area contributed by atoms with Crippen molar-refractivity contribution in [1.82, 2.24) is 5.32 Å². The van der Waals surface area contributed by atoms with Gasteiger partial charge in [-0.15, -0.1) is 0 Å². The number of furan rings is 1. The van der Waals surface area contributed by atoms with Gasteiger partial charge in [-0.05, 0) is 30.5 Å². The van der Waals surface area contributed by atoms with Gasteiger partial charge in [0.1, 0.15) is 17.9 Å². The third-order valence-corrected chi connectivity index (χ3v) is 3.41. The van der Waals surface area contributed by atoms with Crippen LogP contribution in [0.15, 0.2) is 28.9 Å². The highest BCUT2D eigenvalue weighted by Gasteiger charge is 2.40. The summed E-state index contributed by atoms with van der Waals surface area (Å²) in [5.41, 5.74) is 1.44. The number of hydrogen-bond acceptors (Lipinski definition) is 3. The van der Waals surface area contributed by atoms with Gasteiger partial charge >= 0.3 is 6.18 Å². The SMILES string of the molecule is CCc1ccc2occ(C(=O)N[C@H](CCO)C(F)(F)F)c2c1. The molecule has 0 aliphatic heterocycles. The maximum atomic E-state index is 12.8. The number of rotatable bonds is 5. The highest BCUT2D eigenvalue weighted by Crippen LogP contribution is 2.25. The van der Waals surface area contributed by atoms with E-state index >= 15 is 0 Å². The second-order valence-corrected chi connectivity index (χ2v) is 4.91. The normalized spacial score (nSPS) is 13.3. The summed E-state index contributed by atoms with van der Waals surface area (Å²) in [6, 6.07) is 3.14. The molecule has 4 nitrogen and oxygen atoms in total. The summed E-state index contributed by atoms with van der Waals surface area (Å²) in [6.45, 7) is 1.26. The highest BCUT2D eigenvalue weighted by atomic mass is 19.4. The molecule has 1 heterocycles. The largest absolute Gasteiger partial charge is 0.463 e. The van der Waals surface area contributed by atoms with Crippen molar-refractivity contribution in [3.05, 3.63) is 35.6 Å². The van der Waals surface area contributed by atoms with Crippen molar-refractivity contribution in [2.24, 2.45) is 0 Å². The number of carbonyl (C=O) groups is 1. The molecule has 2 aromatic rings. The molecule has 0 aliphatic rings. The van der Waals surface area contributed by atoms with Crippen LogP contribution in [-0.4, -0.2) is 29.8 Å². The molecule has 1 aromatic heterocycles. The summed E-state index contributed by atoms with van der Waals surface area (Å²) in [5.74, 6) is -0.872. The lowest BCUT2D eigenvalue weighted by Crippen LogP contribution is -2.45. The van der Waals surface area contributed by atoms with Crippen LogP contribution in [-0.2, 0) is 6.42 Å². The third kappa shape index (κ3) is 3.41. The van der Waals surface area contributed by atoms with E-state index in [1.54, 1.807) is 12.1 Å². The van der Waals surface area contributed by atoms with E-state index in [-0.39, 0.29) is 5.56 Å². The summed E-state index contributed by atoms with van der Waals surface area (Å²) in [6.07, 6.45) is -3.33. The number of carbonyl (C=O) groups excluding carboxylic acids is 1. The molecule has 0 fully saturated rings. The standard InChI is InChI=1S/C15H16F3NO3/c1-2-9-3-4-12-10(7-9)11(8-22-12)14(21)19-13(5-6-20)15(16,17)18/h3-4,7-8,13,20H,2,5-6H2,1H3,(H,19,21)/t13-/m1/s1. The van der Waals surface area contributed by atoms with Crippen molar-refractivity contribution < 1.29 is 27.5 Å². The first-order chi connectivity index (χ1) is 10.4. The lowest BCUT2D eigenvalue weighted by atomic mass is 10.1. The quantitative estimate of drug-likeness (QED) is 0.891. The Morgan fingerprint density at radius 2 is 2.14 bits per heavy atom. The number of aliphatic hydroxyl groups excluding tert-OH is 1. The van der Waals surface area contributed by atoms with Gasteiger partial charge in [-0.1, -0.05) is 13.0 Å². The summed E-state index contributed by atoms with van der Waals surface area (Å²) in [7, 11) is 0. The monoisotopic (exact) mass is 315 g/mol. The maximum Gasteiger partial charge on any atom is 0.408 e. The fourth-order valence-corrected chi connectivity index (χ4v) is 2.15. The van der Waals surface area contributed by atoms with Gasteiger partial charge in [0.2, 0.25) is 0 Å². The van der Waals surface area contributed by atoms with Crippen LogP contribution >= 0.6 is 0 Å². The van der Waals surface area contributed by atoms with Gasteiger partial charge in [0.15, 0.2) is 0 Å². The average molecular weight is 315 g/mol. The smallest absolute Gasteiger partial charge is 0.408 e. The molecule has 2 N–H and O–H groups in total. The Morgan fingerprint density at radius 1 is 1.41 bits per heavy atom. The molecule has 1 amide bonds. The third-order valence-electron chi connectivity index (χ3n) is 3.41. The molecular formula is C15H16F3NO3. The number of aryl methyl sites for hydroxylation is 1. The molecule has 1 aromatic carbocycles. The van der Waals surface area contributed by atoms with Crippen molar-refractivity contribution in [3.63, 3.8) is 0 Å². The molecule has 120 valence electrons. The van der Waals surface area contributed by atoms with Crippen molar-refractivity contribution in [2.75, 3.05) is 6.61 Å². The van der Waals surface area contributed by atoms with Crippen LogP contribution in [0.25, 0.3) is 11.0 Å². The van der Waals surface area contributed by atoms with E-state index in [1.165, 1.54) is 0 Å². The zero-order valence-corrected chi connectivity index (χ0v) is 11.9. The highest BCUT2D eigenvalue weighted by molar-refractivity contribution is 6.06. The minimum atomic E-state index is -4.62. The number of benzene rings is 1. The Morgan fingerprint density at radius 3 is 2.73 bits per heavy atom. The molecule has 7 heteroatoms. The van der Waals surface area contributed by atoms with Gasteiger partial charge in [-0.25, -0.2) is 0 Å². The van der Waals surface area contributed by atoms with Gasteiger partial charge in [0.05, 0.1) is 5.56 Å². The van der Waals surface area contributed by atoms with E-state index in [1.807, 2.05) is 18.3 Å². The summed E-state index contributed by atoms with van der Waals surface area (Å²) < 4.78 is 43.6. The molecule has 0 spiro atoms. The number of amides is 1. The summed E-state index contributed by atoms with van der Waals surface area (Å²) in [5, 5.41) is 11.1. The molecule has 2 rings (SSSR count). The first-order valence-corrected chi connectivity index (χ1v) is 6.85. The number of alkyl halides is 3. The minimum Gasteiger partial charge on any atom is -0.463 e. The summed E-state index contributed by atoms with van der Waals surface area (Å²) in [4.78, 5) is 12.1. The van der Waals surface area contributed by atoms with Crippen molar-refractivity contribution in [2.45, 2.75) is 32.0 Å². The van der Waals surface area contributed by atoms with Gasteiger partial charge in [-0.2, -0.15) is 13.2 Å². The maximum absolute atomic E-state index is 12.8. The molecular weight excluding hydrogens is 299 g/mol. The number of fused-ring (bicyclic) bond motifs is 1. The molecule has 0 saturated heterocycles. The Hall–Kier alpha value is -2.02. The van der Waals surface area contributed by atoms with Gasteiger partial charge in [-0.3, -0.25) is 4.79 Å². The predicted octanol–water partition coefficient (Wildman–Crippen LogP) is 3.04. The second kappa shape index (κ2) is 6.39. The number of halogens is 3. The molecule has 0 unspecified atom stereocenters. The molecule has 1 atom stereocenters. The summed E-state index contributed by atoms with van der Waals surface area (Å²) >= 11 is 0. The van der Waals surface area contributed by atoms with Gasteiger partial charge in [0.25, 0.3) is 5.91 Å². The van der Waals surface area contributed by atoms with Crippen LogP contribution in [0.1, 0.15) is 29.3 Å². The number of nitrogens with one attached hydrogen (secondary N) is 1. The zero-order valence-electron chi connectivity index (χ0n) is 11.9. The lowest BCUT2D eigenvalue weighted by molar-refractivity contribution is -0.156. The van der Waals surface area contributed by atoms with E-state index in [9.17, 15) is 18.0 Å². The van der Waals surface area contributed by atoms with Crippen molar-refractivity contribution in [1.29, 1.82) is 0 Å². The first kappa shape index (κ1) is 16.4. The number of hydrogen-bond donors (Lipinski definition) is 2. The molecule has 0 aliphatic carbocycles. The predicted molar refractivity (Wildman–Crippen MR) is 74.6 cm³/mol. The number of aliphatic hydroxyl groups is 1. The van der Waals surface area contributed by atoms with E-state index in [0.29, 0.717) is 11.0 Å². The van der Waals surface area contributed by atoms with Crippen LogP contribution in [0.2, 0.25) is 0 Å². The van der Waals surface area contributed by atoms with Crippen molar-refractivity contribution >= 4 is 16.9 Å². The first-order valence-electron chi connectivity index (χ1n) is 6.85. The molecule has 0 saturated carbocycles. The van der Waals surface area contributed by atoms with E-state index in [0.717, 1.165) is 18.2 Å². The van der Waals surface area contributed by atoms with Crippen LogP contribution in [0.5, 0.6) is 0 Å². The minimum absolute atomic E-state index is 0.0532. The van der Waals surface area contributed by atoms with E-state index < -0.39 is 31.2 Å². The topological polar surface area (TPSA) is 62.5 Å². The Kier molecular flexibility index (Phi) is 4.75. The Bertz CT molecular complexity index is 664. The van der Waals surface area contributed by atoms with Crippen LogP contribution in [0.3, 0.4) is 0 Å². The van der Waals surface area contributed by atoms with Gasteiger partial charge in [0, 0.05) is 12.0 Å². The van der Waals surface area contributed by atoms with Crippen molar-refractivity contribution in [3.8, 4) is 0 Å². The Labute approximate surface area is 124 Å². The van der Waals surface area contributed by atoms with Crippen LogP contribution < -0.4 is 5.32 Å². The molecule has 0 radical (unpaired) electrons. The average Bonchev–Trinajstić information content (AvgIpc) is 2.88. The molecule has 0 bridgehead atoms. The second-order valence-electron chi connectivity index (χ2n) is 4.91.